The average Bonchev–Trinajstić information content (AvgIpc) is 3.13. The van der Waals surface area contributed by atoms with Gasteiger partial charge in [0.1, 0.15) is 0 Å². The van der Waals surface area contributed by atoms with Crippen molar-refractivity contribution in [2.24, 2.45) is 0 Å². The number of hydrogen-bond donors (Lipinski definition) is 1. The third-order valence-electron chi connectivity index (χ3n) is 4.78. The summed E-state index contributed by atoms with van der Waals surface area (Å²) in [5.74, 6) is -0.867. The Hall–Kier alpha value is -3.15. The third kappa shape index (κ3) is 4.97. The number of nitrogens with one attached hydrogen (secondary N) is 1. The number of hydrogen-bond acceptors (Lipinski definition) is 4. The monoisotopic (exact) mass is 380 g/mol. The normalized spacial score (nSPS) is 13.5. The maximum Gasteiger partial charge on any atom is 0.338 e. The Morgan fingerprint density at radius 2 is 1.96 bits per heavy atom. The molecule has 0 radical (unpaired) electrons. The first-order valence-electron chi connectivity index (χ1n) is 9.43. The molecular weight excluding hydrogens is 356 g/mol. The lowest BCUT2D eigenvalue weighted by molar-refractivity contribution is -0.124. The van der Waals surface area contributed by atoms with Crippen molar-refractivity contribution in [2.45, 2.75) is 26.2 Å². The van der Waals surface area contributed by atoms with Crippen LogP contribution >= 0.6 is 0 Å². The molecule has 1 heterocycles. The first-order valence-corrected chi connectivity index (χ1v) is 9.43. The van der Waals surface area contributed by atoms with Gasteiger partial charge in [-0.25, -0.2) is 4.79 Å². The Morgan fingerprint density at radius 1 is 1.14 bits per heavy atom. The van der Waals surface area contributed by atoms with Crippen molar-refractivity contribution >= 4 is 23.5 Å². The van der Waals surface area contributed by atoms with Crippen molar-refractivity contribution in [1.29, 1.82) is 0 Å². The number of anilines is 1. The second-order valence-electron chi connectivity index (χ2n) is 6.80. The summed E-state index contributed by atoms with van der Waals surface area (Å²) in [5, 5.41) is 2.76. The van der Waals surface area contributed by atoms with Gasteiger partial charge in [0.2, 0.25) is 5.91 Å². The van der Waals surface area contributed by atoms with Crippen molar-refractivity contribution in [1.82, 2.24) is 5.32 Å². The zero-order valence-corrected chi connectivity index (χ0v) is 15.9. The van der Waals surface area contributed by atoms with Crippen molar-refractivity contribution in [2.75, 3.05) is 24.6 Å². The van der Waals surface area contributed by atoms with E-state index in [1.165, 1.54) is 11.1 Å². The van der Waals surface area contributed by atoms with Crippen LogP contribution in [0.5, 0.6) is 0 Å². The molecule has 2 aromatic carbocycles. The van der Waals surface area contributed by atoms with Crippen LogP contribution in [0.25, 0.3) is 0 Å². The Labute approximate surface area is 164 Å². The van der Waals surface area contributed by atoms with Crippen LogP contribution < -0.4 is 10.2 Å². The minimum atomic E-state index is -0.581. The van der Waals surface area contributed by atoms with Gasteiger partial charge in [-0.1, -0.05) is 30.3 Å². The van der Waals surface area contributed by atoms with Crippen LogP contribution in [0.1, 0.15) is 34.3 Å². The van der Waals surface area contributed by atoms with Gasteiger partial charge in [0, 0.05) is 25.2 Å². The van der Waals surface area contributed by atoms with Crippen LogP contribution in [0.15, 0.2) is 48.5 Å². The summed E-state index contributed by atoms with van der Waals surface area (Å²) < 4.78 is 5.11. The highest BCUT2D eigenvalue weighted by molar-refractivity contribution is 5.97. The van der Waals surface area contributed by atoms with Crippen molar-refractivity contribution < 1.29 is 19.1 Å². The first-order chi connectivity index (χ1) is 13.5. The molecule has 0 spiro atoms. The van der Waals surface area contributed by atoms with Gasteiger partial charge >= 0.3 is 5.97 Å². The highest BCUT2D eigenvalue weighted by Crippen LogP contribution is 2.22. The summed E-state index contributed by atoms with van der Waals surface area (Å²) in [6.07, 6.45) is 2.06. The molecule has 0 unspecified atom stereocenters. The van der Waals surface area contributed by atoms with Crippen LogP contribution in [0.2, 0.25) is 0 Å². The number of carbonyl (C=O) groups is 3. The molecule has 28 heavy (non-hydrogen) atoms. The molecule has 1 N–H and O–H groups in total. The molecule has 0 aliphatic carbocycles. The van der Waals surface area contributed by atoms with Crippen molar-refractivity contribution in [3.05, 3.63) is 65.2 Å². The number of amides is 2. The largest absolute Gasteiger partial charge is 0.452 e. The van der Waals surface area contributed by atoms with Gasteiger partial charge in [-0.05, 0) is 49.1 Å². The molecular formula is C22H24N2O4. The van der Waals surface area contributed by atoms with Crippen LogP contribution in [-0.2, 0) is 20.7 Å². The SMILES string of the molecule is Cc1ccccc1CCNC(=O)COC(=O)c1cccc(N2CCCC2=O)c1. The van der Waals surface area contributed by atoms with Gasteiger partial charge < -0.3 is 15.0 Å². The molecule has 0 bridgehead atoms. The molecule has 1 aliphatic heterocycles. The van der Waals surface area contributed by atoms with E-state index in [1.54, 1.807) is 29.2 Å². The highest BCUT2D eigenvalue weighted by atomic mass is 16.5. The van der Waals surface area contributed by atoms with E-state index in [-0.39, 0.29) is 18.4 Å². The minimum Gasteiger partial charge on any atom is -0.452 e. The van der Waals surface area contributed by atoms with Gasteiger partial charge in [-0.3, -0.25) is 9.59 Å². The number of ether oxygens (including phenoxy) is 1. The van der Waals surface area contributed by atoms with Crippen LogP contribution in [0.4, 0.5) is 5.69 Å². The molecule has 0 aromatic heterocycles. The summed E-state index contributed by atoms with van der Waals surface area (Å²) in [6, 6.07) is 14.7. The maximum atomic E-state index is 12.2. The first kappa shape index (κ1) is 19.6. The van der Waals surface area contributed by atoms with Gasteiger partial charge in [-0.15, -0.1) is 0 Å². The maximum absolute atomic E-state index is 12.2. The molecule has 1 saturated heterocycles. The zero-order valence-electron chi connectivity index (χ0n) is 15.9. The summed E-state index contributed by atoms with van der Waals surface area (Å²) in [5.41, 5.74) is 3.36. The number of nitrogens with zero attached hydrogens (tertiary/aromatic N) is 1. The van der Waals surface area contributed by atoms with E-state index in [4.69, 9.17) is 4.74 Å². The van der Waals surface area contributed by atoms with Gasteiger partial charge in [0.15, 0.2) is 6.61 Å². The van der Waals surface area contributed by atoms with Crippen LogP contribution in [0, 0.1) is 6.92 Å². The Balaban J connectivity index is 1.46. The summed E-state index contributed by atoms with van der Waals surface area (Å²) in [6.45, 7) is 2.83. The topological polar surface area (TPSA) is 75.7 Å². The van der Waals surface area contributed by atoms with Gasteiger partial charge in [0.05, 0.1) is 5.56 Å². The highest BCUT2D eigenvalue weighted by Gasteiger charge is 2.22. The standard InChI is InChI=1S/C22H24N2O4/c1-16-6-2-3-7-17(16)11-12-23-20(25)15-28-22(27)18-8-4-9-19(14-18)24-13-5-10-21(24)26/h2-4,6-9,14H,5,10-13,15H2,1H3,(H,23,25). The van der Waals surface area contributed by atoms with Gasteiger partial charge in [-0.2, -0.15) is 0 Å². The van der Waals surface area contributed by atoms with Crippen LogP contribution in [-0.4, -0.2) is 37.5 Å². The number of aryl methyl sites for hydroxylation is 1. The zero-order chi connectivity index (χ0) is 19.9. The fraction of sp³-hybridized carbons (Fsp3) is 0.318. The smallest absolute Gasteiger partial charge is 0.338 e. The molecule has 146 valence electrons. The van der Waals surface area contributed by atoms with E-state index in [0.717, 1.165) is 12.8 Å². The van der Waals surface area contributed by atoms with Crippen molar-refractivity contribution in [3.8, 4) is 0 Å². The molecule has 6 nitrogen and oxygen atoms in total. The molecule has 1 aliphatic rings. The molecule has 0 atom stereocenters. The Bertz CT molecular complexity index is 878. The predicted octanol–water partition coefficient (Wildman–Crippen LogP) is 2.64. The van der Waals surface area contributed by atoms with Gasteiger partial charge in [0.25, 0.3) is 5.91 Å². The molecule has 1 fully saturated rings. The number of rotatable bonds is 7. The fourth-order valence-electron chi connectivity index (χ4n) is 3.21. The van der Waals surface area contributed by atoms with E-state index in [9.17, 15) is 14.4 Å². The summed E-state index contributed by atoms with van der Waals surface area (Å²) in [4.78, 5) is 37.7. The molecule has 2 aromatic rings. The number of carbonyl (C=O) groups excluding carboxylic acids is 3. The second kappa shape index (κ2) is 9.17. The lowest BCUT2D eigenvalue weighted by Crippen LogP contribution is -2.30. The quantitative estimate of drug-likeness (QED) is 0.750. The number of benzene rings is 2. The van der Waals surface area contributed by atoms with E-state index in [0.29, 0.717) is 30.8 Å². The number of esters is 1. The average molecular weight is 380 g/mol. The van der Waals surface area contributed by atoms with E-state index >= 15 is 0 Å². The summed E-state index contributed by atoms with van der Waals surface area (Å²) >= 11 is 0. The van der Waals surface area contributed by atoms with E-state index in [1.807, 2.05) is 31.2 Å². The third-order valence-corrected chi connectivity index (χ3v) is 4.78. The Morgan fingerprint density at radius 3 is 2.71 bits per heavy atom. The van der Waals surface area contributed by atoms with E-state index < -0.39 is 5.97 Å². The van der Waals surface area contributed by atoms with Crippen molar-refractivity contribution in [3.63, 3.8) is 0 Å². The molecule has 3 rings (SSSR count). The predicted molar refractivity (Wildman–Crippen MR) is 106 cm³/mol. The molecule has 0 saturated carbocycles. The molecule has 2 amide bonds. The Kier molecular flexibility index (Phi) is 6.42. The molecule has 6 heteroatoms. The van der Waals surface area contributed by atoms with Crippen LogP contribution in [0.3, 0.4) is 0 Å². The second-order valence-corrected chi connectivity index (χ2v) is 6.80. The minimum absolute atomic E-state index is 0.0542. The fourth-order valence-corrected chi connectivity index (χ4v) is 3.21. The summed E-state index contributed by atoms with van der Waals surface area (Å²) in [7, 11) is 0. The lowest BCUT2D eigenvalue weighted by atomic mass is 10.1. The lowest BCUT2D eigenvalue weighted by Gasteiger charge is -2.16. The van der Waals surface area contributed by atoms with E-state index in [2.05, 4.69) is 5.32 Å².